The predicted octanol–water partition coefficient (Wildman–Crippen LogP) is 2.35. The second-order valence-corrected chi connectivity index (χ2v) is 5.72. The molecule has 90 valence electrons. The maximum atomic E-state index is 5.60. The molecule has 0 saturated carbocycles. The van der Waals surface area contributed by atoms with E-state index in [0.29, 0.717) is 0 Å². The molecule has 0 atom stereocenters. The number of likely N-dealkylation sites (tertiary alicyclic amines) is 1. The highest BCUT2D eigenvalue weighted by Crippen LogP contribution is 2.20. The Labute approximate surface area is 102 Å². The van der Waals surface area contributed by atoms with Gasteiger partial charge in [-0.1, -0.05) is 6.07 Å². The van der Waals surface area contributed by atoms with Gasteiger partial charge in [0, 0.05) is 11.4 Å². The molecular weight excluding hydrogens is 216 g/mol. The molecule has 0 unspecified atom stereocenters. The molecular formula is C13H22N2S. The van der Waals surface area contributed by atoms with Crippen molar-refractivity contribution in [3.05, 3.63) is 22.4 Å². The van der Waals surface area contributed by atoms with Crippen molar-refractivity contribution in [1.29, 1.82) is 0 Å². The van der Waals surface area contributed by atoms with E-state index in [1.54, 1.807) is 0 Å². The predicted molar refractivity (Wildman–Crippen MR) is 70.9 cm³/mol. The normalized spacial score (nSPS) is 19.1. The van der Waals surface area contributed by atoms with Crippen molar-refractivity contribution in [2.75, 3.05) is 26.2 Å². The molecule has 1 saturated heterocycles. The van der Waals surface area contributed by atoms with Gasteiger partial charge in [-0.15, -0.1) is 11.3 Å². The second kappa shape index (κ2) is 6.38. The van der Waals surface area contributed by atoms with Crippen LogP contribution in [0.15, 0.2) is 17.5 Å². The van der Waals surface area contributed by atoms with Gasteiger partial charge in [-0.25, -0.2) is 0 Å². The van der Waals surface area contributed by atoms with Crippen LogP contribution in [0.1, 0.15) is 24.1 Å². The summed E-state index contributed by atoms with van der Waals surface area (Å²) in [4.78, 5) is 4.12. The largest absolute Gasteiger partial charge is 0.330 e. The highest BCUT2D eigenvalue weighted by atomic mass is 32.1. The monoisotopic (exact) mass is 238 g/mol. The molecule has 16 heavy (non-hydrogen) atoms. The van der Waals surface area contributed by atoms with Gasteiger partial charge in [0.05, 0.1) is 0 Å². The fourth-order valence-electron chi connectivity index (χ4n) is 2.46. The summed E-state index contributed by atoms with van der Waals surface area (Å²) in [5.41, 5.74) is 5.60. The molecule has 0 radical (unpaired) electrons. The first-order valence-electron chi connectivity index (χ1n) is 6.33. The van der Waals surface area contributed by atoms with Gasteiger partial charge < -0.3 is 10.6 Å². The third-order valence-electron chi connectivity index (χ3n) is 3.54. The first-order chi connectivity index (χ1) is 7.88. The fraction of sp³-hybridized carbons (Fsp3) is 0.692. The van der Waals surface area contributed by atoms with E-state index in [-0.39, 0.29) is 0 Å². The van der Waals surface area contributed by atoms with E-state index in [1.165, 1.54) is 50.2 Å². The Bertz CT molecular complexity index is 276. The van der Waals surface area contributed by atoms with Gasteiger partial charge in [-0.05, 0) is 62.7 Å². The summed E-state index contributed by atoms with van der Waals surface area (Å²) in [6.07, 6.45) is 5.14. The van der Waals surface area contributed by atoms with E-state index in [1.807, 2.05) is 11.3 Å². The molecule has 1 aliphatic heterocycles. The smallest absolute Gasteiger partial charge is 0.00579 e. The summed E-state index contributed by atoms with van der Waals surface area (Å²) >= 11 is 1.88. The molecule has 2 N–H and O–H groups in total. The minimum absolute atomic E-state index is 0.861. The lowest BCUT2D eigenvalue weighted by molar-refractivity contribution is 0.182. The Morgan fingerprint density at radius 1 is 1.38 bits per heavy atom. The summed E-state index contributed by atoms with van der Waals surface area (Å²) in [6, 6.07) is 4.39. The van der Waals surface area contributed by atoms with Gasteiger partial charge in [-0.3, -0.25) is 0 Å². The molecule has 0 aromatic carbocycles. The summed E-state index contributed by atoms with van der Waals surface area (Å²) in [5.74, 6) is 0.892. The maximum Gasteiger partial charge on any atom is 0.00579 e. The van der Waals surface area contributed by atoms with E-state index >= 15 is 0 Å². The standard InChI is InChI=1S/C13H22N2S/c14-7-3-12-4-8-15(9-5-12)10-6-13-2-1-11-16-13/h1-2,11-12H,3-10,14H2. The molecule has 0 bridgehead atoms. The second-order valence-electron chi connectivity index (χ2n) is 4.69. The quantitative estimate of drug-likeness (QED) is 0.853. The van der Waals surface area contributed by atoms with Crippen molar-refractivity contribution in [3.63, 3.8) is 0 Å². The zero-order valence-corrected chi connectivity index (χ0v) is 10.7. The van der Waals surface area contributed by atoms with Gasteiger partial charge in [-0.2, -0.15) is 0 Å². The van der Waals surface area contributed by atoms with E-state index in [9.17, 15) is 0 Å². The summed E-state index contributed by atoms with van der Waals surface area (Å²) < 4.78 is 0. The van der Waals surface area contributed by atoms with Crippen LogP contribution in [0.5, 0.6) is 0 Å². The Balaban J connectivity index is 1.65. The highest BCUT2D eigenvalue weighted by molar-refractivity contribution is 7.09. The SMILES string of the molecule is NCCC1CCN(CCc2cccs2)CC1. The molecule has 2 rings (SSSR count). The van der Waals surface area contributed by atoms with Crippen molar-refractivity contribution < 1.29 is 0 Å². The van der Waals surface area contributed by atoms with Crippen molar-refractivity contribution >= 4 is 11.3 Å². The lowest BCUT2D eigenvalue weighted by Crippen LogP contribution is -2.35. The number of nitrogens with zero attached hydrogens (tertiary/aromatic N) is 1. The average molecular weight is 238 g/mol. The van der Waals surface area contributed by atoms with Crippen molar-refractivity contribution in [2.24, 2.45) is 11.7 Å². The Morgan fingerprint density at radius 2 is 2.19 bits per heavy atom. The van der Waals surface area contributed by atoms with Crippen LogP contribution >= 0.6 is 11.3 Å². The van der Waals surface area contributed by atoms with Crippen molar-refractivity contribution in [2.45, 2.75) is 25.7 Å². The van der Waals surface area contributed by atoms with Crippen LogP contribution in [0.25, 0.3) is 0 Å². The van der Waals surface area contributed by atoms with Gasteiger partial charge in [0.25, 0.3) is 0 Å². The van der Waals surface area contributed by atoms with Crippen LogP contribution < -0.4 is 5.73 Å². The number of thiophene rings is 1. The number of nitrogens with two attached hydrogens (primary N) is 1. The van der Waals surface area contributed by atoms with Crippen LogP contribution in [-0.4, -0.2) is 31.1 Å². The number of hydrogen-bond acceptors (Lipinski definition) is 3. The van der Waals surface area contributed by atoms with E-state index in [4.69, 9.17) is 5.73 Å². The number of rotatable bonds is 5. The fourth-order valence-corrected chi connectivity index (χ4v) is 3.16. The van der Waals surface area contributed by atoms with Crippen LogP contribution in [0.2, 0.25) is 0 Å². The highest BCUT2D eigenvalue weighted by Gasteiger charge is 2.17. The maximum absolute atomic E-state index is 5.60. The lowest BCUT2D eigenvalue weighted by Gasteiger charge is -2.31. The number of piperidine rings is 1. The molecule has 1 aliphatic rings. The zero-order chi connectivity index (χ0) is 11.2. The minimum atomic E-state index is 0.861. The van der Waals surface area contributed by atoms with E-state index in [2.05, 4.69) is 22.4 Å². The van der Waals surface area contributed by atoms with Gasteiger partial charge in [0.15, 0.2) is 0 Å². The number of hydrogen-bond donors (Lipinski definition) is 1. The topological polar surface area (TPSA) is 29.3 Å². The molecule has 0 amide bonds. The average Bonchev–Trinajstić information content (AvgIpc) is 2.82. The van der Waals surface area contributed by atoms with Gasteiger partial charge >= 0.3 is 0 Å². The van der Waals surface area contributed by atoms with Crippen molar-refractivity contribution in [3.8, 4) is 0 Å². The van der Waals surface area contributed by atoms with Crippen molar-refractivity contribution in [1.82, 2.24) is 4.90 Å². The molecule has 0 aliphatic carbocycles. The molecule has 3 heteroatoms. The first kappa shape index (κ1) is 12.1. The Kier molecular flexibility index (Phi) is 4.82. The van der Waals surface area contributed by atoms with Gasteiger partial charge in [0.2, 0.25) is 0 Å². The van der Waals surface area contributed by atoms with Crippen LogP contribution in [-0.2, 0) is 6.42 Å². The summed E-state index contributed by atoms with van der Waals surface area (Å²) in [7, 11) is 0. The third kappa shape index (κ3) is 3.58. The lowest BCUT2D eigenvalue weighted by atomic mass is 9.93. The molecule has 1 aromatic heterocycles. The Morgan fingerprint density at radius 3 is 2.81 bits per heavy atom. The molecule has 2 heterocycles. The van der Waals surface area contributed by atoms with Crippen LogP contribution in [0.4, 0.5) is 0 Å². The first-order valence-corrected chi connectivity index (χ1v) is 7.21. The molecule has 0 spiro atoms. The zero-order valence-electron chi connectivity index (χ0n) is 9.90. The van der Waals surface area contributed by atoms with E-state index < -0.39 is 0 Å². The summed E-state index contributed by atoms with van der Waals surface area (Å²) in [6.45, 7) is 4.64. The summed E-state index contributed by atoms with van der Waals surface area (Å²) in [5, 5.41) is 2.17. The van der Waals surface area contributed by atoms with Gasteiger partial charge in [0.1, 0.15) is 0 Å². The molecule has 2 nitrogen and oxygen atoms in total. The third-order valence-corrected chi connectivity index (χ3v) is 4.47. The van der Waals surface area contributed by atoms with Crippen LogP contribution in [0.3, 0.4) is 0 Å². The van der Waals surface area contributed by atoms with Crippen LogP contribution in [0, 0.1) is 5.92 Å². The molecule has 1 aromatic rings. The van der Waals surface area contributed by atoms with E-state index in [0.717, 1.165) is 12.5 Å². The minimum Gasteiger partial charge on any atom is -0.330 e. The molecule has 1 fully saturated rings. The Hall–Kier alpha value is -0.380.